The molecule has 0 radical (unpaired) electrons. The SMILES string of the molecule is CCSC1=C(c2ccccc2)C(=O)N(Cc2ccc(OC)cc2)C1=O. The second-order valence-electron chi connectivity index (χ2n) is 5.55. The van der Waals surface area contributed by atoms with Gasteiger partial charge < -0.3 is 4.74 Å². The molecule has 0 unspecified atom stereocenters. The van der Waals surface area contributed by atoms with Crippen LogP contribution in [0.5, 0.6) is 5.75 Å². The molecule has 0 saturated carbocycles. The molecule has 0 spiro atoms. The minimum atomic E-state index is -0.233. The van der Waals surface area contributed by atoms with Crippen LogP contribution in [0.25, 0.3) is 5.57 Å². The van der Waals surface area contributed by atoms with E-state index in [0.717, 1.165) is 22.6 Å². The fourth-order valence-corrected chi connectivity index (χ4v) is 3.62. The molecule has 0 N–H and O–H groups in total. The maximum atomic E-state index is 12.9. The van der Waals surface area contributed by atoms with Gasteiger partial charge in [0.25, 0.3) is 11.8 Å². The number of amides is 2. The molecule has 1 aliphatic heterocycles. The Kier molecular flexibility index (Phi) is 5.24. The second-order valence-corrected chi connectivity index (χ2v) is 6.82. The Hall–Kier alpha value is -2.53. The Morgan fingerprint density at radius 3 is 2.24 bits per heavy atom. The predicted molar refractivity (Wildman–Crippen MR) is 100 cm³/mol. The largest absolute Gasteiger partial charge is 0.497 e. The van der Waals surface area contributed by atoms with Crippen molar-refractivity contribution in [2.24, 2.45) is 0 Å². The van der Waals surface area contributed by atoms with E-state index in [4.69, 9.17) is 4.74 Å². The zero-order valence-corrected chi connectivity index (χ0v) is 15.0. The van der Waals surface area contributed by atoms with Crippen LogP contribution in [0.1, 0.15) is 18.1 Å². The fourth-order valence-electron chi connectivity index (χ4n) is 2.75. The minimum Gasteiger partial charge on any atom is -0.497 e. The van der Waals surface area contributed by atoms with Crippen molar-refractivity contribution in [3.63, 3.8) is 0 Å². The molecular weight excluding hydrogens is 334 g/mol. The average molecular weight is 353 g/mol. The smallest absolute Gasteiger partial charge is 0.268 e. The van der Waals surface area contributed by atoms with Gasteiger partial charge in [-0.25, -0.2) is 0 Å². The van der Waals surface area contributed by atoms with E-state index in [1.54, 1.807) is 7.11 Å². The Labute approximate surface area is 151 Å². The topological polar surface area (TPSA) is 46.6 Å². The van der Waals surface area contributed by atoms with E-state index in [1.165, 1.54) is 16.7 Å². The second kappa shape index (κ2) is 7.57. The van der Waals surface area contributed by atoms with Crippen molar-refractivity contribution in [3.8, 4) is 5.75 Å². The maximum absolute atomic E-state index is 12.9. The number of hydrogen-bond acceptors (Lipinski definition) is 4. The third-order valence-electron chi connectivity index (χ3n) is 3.98. The number of thioether (sulfide) groups is 1. The van der Waals surface area contributed by atoms with E-state index in [-0.39, 0.29) is 18.4 Å². The summed E-state index contributed by atoms with van der Waals surface area (Å²) in [4.78, 5) is 27.6. The van der Waals surface area contributed by atoms with Gasteiger partial charge in [-0.05, 0) is 29.0 Å². The molecule has 0 aromatic heterocycles. The van der Waals surface area contributed by atoms with Crippen LogP contribution >= 0.6 is 11.8 Å². The van der Waals surface area contributed by atoms with E-state index in [2.05, 4.69) is 0 Å². The Bertz CT molecular complexity index is 813. The summed E-state index contributed by atoms with van der Waals surface area (Å²) in [6.45, 7) is 2.23. The lowest BCUT2D eigenvalue weighted by Crippen LogP contribution is -2.30. The molecule has 3 rings (SSSR count). The van der Waals surface area contributed by atoms with Gasteiger partial charge >= 0.3 is 0 Å². The zero-order chi connectivity index (χ0) is 17.8. The minimum absolute atomic E-state index is 0.216. The summed E-state index contributed by atoms with van der Waals surface area (Å²) in [7, 11) is 1.60. The summed E-state index contributed by atoms with van der Waals surface area (Å²) in [5, 5.41) is 0. The number of carbonyl (C=O) groups is 2. The molecule has 2 amide bonds. The van der Waals surface area contributed by atoms with E-state index >= 15 is 0 Å². The third-order valence-corrected chi connectivity index (χ3v) is 4.93. The van der Waals surface area contributed by atoms with Crippen LogP contribution in [0.4, 0.5) is 0 Å². The monoisotopic (exact) mass is 353 g/mol. The van der Waals surface area contributed by atoms with Crippen molar-refractivity contribution in [2.45, 2.75) is 13.5 Å². The molecule has 0 bridgehead atoms. The van der Waals surface area contributed by atoms with Crippen LogP contribution in [0.2, 0.25) is 0 Å². The van der Waals surface area contributed by atoms with Crippen LogP contribution in [0, 0.1) is 0 Å². The molecule has 4 nitrogen and oxygen atoms in total. The van der Waals surface area contributed by atoms with Gasteiger partial charge in [0.2, 0.25) is 0 Å². The first-order valence-corrected chi connectivity index (χ1v) is 9.06. The van der Waals surface area contributed by atoms with Gasteiger partial charge in [-0.15, -0.1) is 11.8 Å². The first-order chi connectivity index (χ1) is 12.2. The lowest BCUT2D eigenvalue weighted by Gasteiger charge is -2.15. The quantitative estimate of drug-likeness (QED) is 0.743. The molecule has 128 valence electrons. The van der Waals surface area contributed by atoms with Gasteiger partial charge in [-0.3, -0.25) is 14.5 Å². The van der Waals surface area contributed by atoms with Gasteiger partial charge in [-0.1, -0.05) is 49.4 Å². The van der Waals surface area contributed by atoms with Crippen molar-refractivity contribution in [2.75, 3.05) is 12.9 Å². The molecule has 2 aromatic rings. The highest BCUT2D eigenvalue weighted by atomic mass is 32.2. The van der Waals surface area contributed by atoms with Crippen molar-refractivity contribution in [1.82, 2.24) is 4.90 Å². The number of nitrogens with zero attached hydrogens (tertiary/aromatic N) is 1. The maximum Gasteiger partial charge on any atom is 0.268 e. The van der Waals surface area contributed by atoms with Gasteiger partial charge in [0.1, 0.15) is 5.75 Å². The molecule has 25 heavy (non-hydrogen) atoms. The predicted octanol–water partition coefficient (Wildman–Crippen LogP) is 3.73. The number of imide groups is 1. The highest BCUT2D eigenvalue weighted by molar-refractivity contribution is 8.04. The van der Waals surface area contributed by atoms with Crippen molar-refractivity contribution >= 4 is 29.1 Å². The summed E-state index contributed by atoms with van der Waals surface area (Å²) in [6.07, 6.45) is 0. The Morgan fingerprint density at radius 2 is 1.64 bits per heavy atom. The van der Waals surface area contributed by atoms with Crippen LogP contribution < -0.4 is 4.74 Å². The Morgan fingerprint density at radius 1 is 0.960 bits per heavy atom. The highest BCUT2D eigenvalue weighted by Gasteiger charge is 2.38. The van der Waals surface area contributed by atoms with E-state index in [9.17, 15) is 9.59 Å². The number of carbonyl (C=O) groups excluding carboxylic acids is 2. The van der Waals surface area contributed by atoms with E-state index < -0.39 is 0 Å². The standard InChI is InChI=1S/C20H19NO3S/c1-3-25-18-17(15-7-5-4-6-8-15)19(22)21(20(18)23)13-14-9-11-16(24-2)12-10-14/h4-12H,3,13H2,1-2H3. The van der Waals surface area contributed by atoms with Crippen LogP contribution in [0.15, 0.2) is 59.5 Å². The summed E-state index contributed by atoms with van der Waals surface area (Å²) in [6, 6.07) is 16.8. The number of benzene rings is 2. The summed E-state index contributed by atoms with van der Waals surface area (Å²) >= 11 is 1.42. The molecular formula is C20H19NO3S. The van der Waals surface area contributed by atoms with Crippen molar-refractivity contribution in [3.05, 3.63) is 70.6 Å². The van der Waals surface area contributed by atoms with Crippen molar-refractivity contribution < 1.29 is 14.3 Å². The zero-order valence-electron chi connectivity index (χ0n) is 14.2. The Balaban J connectivity index is 1.91. The van der Waals surface area contributed by atoms with E-state index in [1.807, 2.05) is 61.5 Å². The molecule has 2 aromatic carbocycles. The van der Waals surface area contributed by atoms with Crippen LogP contribution in [-0.4, -0.2) is 29.6 Å². The van der Waals surface area contributed by atoms with E-state index in [0.29, 0.717) is 10.5 Å². The first-order valence-electron chi connectivity index (χ1n) is 8.07. The molecule has 0 aliphatic carbocycles. The van der Waals surface area contributed by atoms with Gasteiger partial charge in [0.05, 0.1) is 24.1 Å². The summed E-state index contributed by atoms with van der Waals surface area (Å²) in [5.74, 6) is 1.03. The van der Waals surface area contributed by atoms with Gasteiger partial charge in [0, 0.05) is 0 Å². The van der Waals surface area contributed by atoms with Crippen molar-refractivity contribution in [1.29, 1.82) is 0 Å². The number of ether oxygens (including phenoxy) is 1. The summed E-state index contributed by atoms with van der Waals surface area (Å²) in [5.41, 5.74) is 2.18. The molecule has 0 fully saturated rings. The number of rotatable bonds is 6. The molecule has 1 heterocycles. The molecule has 0 saturated heterocycles. The lowest BCUT2D eigenvalue weighted by molar-refractivity contribution is -0.137. The van der Waals surface area contributed by atoms with Crippen LogP contribution in [-0.2, 0) is 16.1 Å². The van der Waals surface area contributed by atoms with Gasteiger partial charge in [0.15, 0.2) is 0 Å². The number of hydrogen-bond donors (Lipinski definition) is 0. The number of methoxy groups -OCH3 is 1. The lowest BCUT2D eigenvalue weighted by atomic mass is 10.1. The average Bonchev–Trinajstić information content (AvgIpc) is 2.88. The fraction of sp³-hybridized carbons (Fsp3) is 0.200. The molecule has 5 heteroatoms. The molecule has 1 aliphatic rings. The normalized spacial score (nSPS) is 14.4. The highest BCUT2D eigenvalue weighted by Crippen LogP contribution is 2.36. The van der Waals surface area contributed by atoms with Crippen LogP contribution in [0.3, 0.4) is 0 Å². The first kappa shape index (κ1) is 17.3. The van der Waals surface area contributed by atoms with Gasteiger partial charge in [-0.2, -0.15) is 0 Å². The third kappa shape index (κ3) is 3.46. The summed E-state index contributed by atoms with van der Waals surface area (Å²) < 4.78 is 5.15. The molecule has 0 atom stereocenters.